The van der Waals surface area contributed by atoms with Gasteiger partial charge in [0.25, 0.3) is 0 Å². The standard InChI is InChI=1S/C20H25BrN2O3/c1-20(2,3)26-19(24)23-14-5-7-15(8-6-14)25-17-9-4-13-12-22-11-10-16(13)18(17)21/h4,9-12,14-15H,5-8H2,1-3H3,(H,23,24). The first kappa shape index (κ1) is 19.0. The Morgan fingerprint density at radius 3 is 2.62 bits per heavy atom. The van der Waals surface area contributed by atoms with Crippen molar-refractivity contribution >= 4 is 32.8 Å². The average molecular weight is 421 g/mol. The number of nitrogens with zero attached hydrogens (tertiary/aromatic N) is 1. The molecule has 2 aromatic rings. The van der Waals surface area contributed by atoms with E-state index in [1.807, 2.05) is 45.2 Å². The zero-order valence-electron chi connectivity index (χ0n) is 15.4. The minimum atomic E-state index is -0.470. The van der Waals surface area contributed by atoms with E-state index in [4.69, 9.17) is 9.47 Å². The first-order valence-corrected chi connectivity index (χ1v) is 9.79. The summed E-state index contributed by atoms with van der Waals surface area (Å²) in [6.07, 6.45) is 7.03. The highest BCUT2D eigenvalue weighted by Gasteiger charge is 2.26. The van der Waals surface area contributed by atoms with E-state index in [-0.39, 0.29) is 18.2 Å². The predicted octanol–water partition coefficient (Wildman–Crippen LogP) is 5.21. The lowest BCUT2D eigenvalue weighted by molar-refractivity contribution is 0.0470. The van der Waals surface area contributed by atoms with Crippen molar-refractivity contribution in [1.29, 1.82) is 0 Å². The van der Waals surface area contributed by atoms with E-state index in [1.54, 1.807) is 6.20 Å². The number of hydrogen-bond donors (Lipinski definition) is 1. The Morgan fingerprint density at radius 2 is 1.92 bits per heavy atom. The second-order valence-electron chi connectivity index (χ2n) is 7.71. The lowest BCUT2D eigenvalue weighted by atomic mass is 9.93. The maximum atomic E-state index is 11.9. The number of nitrogens with one attached hydrogen (secondary N) is 1. The minimum absolute atomic E-state index is 0.149. The Labute approximate surface area is 162 Å². The number of carbonyl (C=O) groups excluding carboxylic acids is 1. The van der Waals surface area contributed by atoms with Crippen LogP contribution in [0.15, 0.2) is 35.1 Å². The van der Waals surface area contributed by atoms with Gasteiger partial charge in [-0.2, -0.15) is 0 Å². The summed E-state index contributed by atoms with van der Waals surface area (Å²) in [6, 6.07) is 6.14. The highest BCUT2D eigenvalue weighted by Crippen LogP contribution is 2.35. The van der Waals surface area contributed by atoms with Crippen molar-refractivity contribution in [3.05, 3.63) is 35.1 Å². The minimum Gasteiger partial charge on any atom is -0.489 e. The van der Waals surface area contributed by atoms with Crippen LogP contribution >= 0.6 is 15.9 Å². The van der Waals surface area contributed by atoms with Crippen LogP contribution in [0.2, 0.25) is 0 Å². The average Bonchev–Trinajstić information content (AvgIpc) is 2.57. The van der Waals surface area contributed by atoms with E-state index in [2.05, 4.69) is 26.2 Å². The number of ether oxygens (including phenoxy) is 2. The molecule has 1 N–H and O–H groups in total. The van der Waals surface area contributed by atoms with Gasteiger partial charge >= 0.3 is 6.09 Å². The third-order valence-corrected chi connectivity index (χ3v) is 5.23. The number of alkyl carbamates (subject to hydrolysis) is 1. The molecule has 0 bridgehead atoms. The number of pyridine rings is 1. The molecule has 0 unspecified atom stereocenters. The van der Waals surface area contributed by atoms with Gasteiger partial charge in [-0.05, 0) is 80.6 Å². The molecule has 0 atom stereocenters. The van der Waals surface area contributed by atoms with Crippen molar-refractivity contribution in [2.24, 2.45) is 0 Å². The Morgan fingerprint density at radius 1 is 1.19 bits per heavy atom. The van der Waals surface area contributed by atoms with E-state index >= 15 is 0 Å². The third kappa shape index (κ3) is 4.87. The maximum Gasteiger partial charge on any atom is 0.407 e. The first-order valence-electron chi connectivity index (χ1n) is 9.00. The molecule has 0 aliphatic heterocycles. The molecule has 0 spiro atoms. The summed E-state index contributed by atoms with van der Waals surface area (Å²) in [7, 11) is 0. The lowest BCUT2D eigenvalue weighted by Crippen LogP contribution is -2.42. The quantitative estimate of drug-likeness (QED) is 0.739. The maximum absolute atomic E-state index is 11.9. The van der Waals surface area contributed by atoms with Gasteiger partial charge in [-0.15, -0.1) is 0 Å². The number of rotatable bonds is 3. The van der Waals surface area contributed by atoms with E-state index in [9.17, 15) is 4.79 Å². The highest BCUT2D eigenvalue weighted by molar-refractivity contribution is 9.10. The Balaban J connectivity index is 1.54. The Bertz CT molecular complexity index is 780. The lowest BCUT2D eigenvalue weighted by Gasteiger charge is -2.30. The van der Waals surface area contributed by atoms with Crippen LogP contribution < -0.4 is 10.1 Å². The molecule has 1 aliphatic rings. The molecule has 140 valence electrons. The van der Waals surface area contributed by atoms with Gasteiger partial charge in [-0.25, -0.2) is 4.79 Å². The first-order chi connectivity index (χ1) is 12.3. The zero-order chi connectivity index (χ0) is 18.7. The molecule has 1 aliphatic carbocycles. The predicted molar refractivity (Wildman–Crippen MR) is 105 cm³/mol. The van der Waals surface area contributed by atoms with Crippen molar-refractivity contribution in [3.63, 3.8) is 0 Å². The normalized spacial score (nSPS) is 20.6. The molecule has 0 saturated heterocycles. The number of aromatic nitrogens is 1. The van der Waals surface area contributed by atoms with Gasteiger partial charge in [0.05, 0.1) is 10.6 Å². The van der Waals surface area contributed by atoms with Gasteiger partial charge in [0.15, 0.2) is 0 Å². The molecule has 0 radical (unpaired) electrons. The van der Waals surface area contributed by atoms with Gasteiger partial charge in [-0.3, -0.25) is 4.98 Å². The molecule has 3 rings (SSSR count). The molecule has 1 saturated carbocycles. The van der Waals surface area contributed by atoms with Crippen LogP contribution in [0, 0.1) is 0 Å². The highest BCUT2D eigenvalue weighted by atomic mass is 79.9. The summed E-state index contributed by atoms with van der Waals surface area (Å²) < 4.78 is 12.5. The fourth-order valence-electron chi connectivity index (χ4n) is 3.18. The van der Waals surface area contributed by atoms with Crippen LogP contribution in [0.3, 0.4) is 0 Å². The molecule has 1 fully saturated rings. The third-order valence-electron chi connectivity index (χ3n) is 4.41. The molecule has 1 amide bonds. The summed E-state index contributed by atoms with van der Waals surface area (Å²) in [5.41, 5.74) is -0.470. The summed E-state index contributed by atoms with van der Waals surface area (Å²) in [5.74, 6) is 0.854. The summed E-state index contributed by atoms with van der Waals surface area (Å²) in [5, 5.41) is 5.14. The fraction of sp³-hybridized carbons (Fsp3) is 0.500. The topological polar surface area (TPSA) is 60.5 Å². The van der Waals surface area contributed by atoms with E-state index in [0.717, 1.165) is 46.7 Å². The molecular formula is C20H25BrN2O3. The summed E-state index contributed by atoms with van der Waals surface area (Å²) >= 11 is 3.65. The van der Waals surface area contributed by atoms with E-state index in [1.165, 1.54) is 0 Å². The van der Waals surface area contributed by atoms with Crippen LogP contribution in [-0.2, 0) is 4.74 Å². The van der Waals surface area contributed by atoms with Crippen LogP contribution in [-0.4, -0.2) is 28.8 Å². The van der Waals surface area contributed by atoms with Crippen molar-refractivity contribution in [2.45, 2.75) is 64.2 Å². The Hall–Kier alpha value is -1.82. The number of halogens is 1. The molecule has 1 heterocycles. The molecule has 6 heteroatoms. The Kier molecular flexibility index (Phi) is 5.70. The van der Waals surface area contributed by atoms with E-state index in [0.29, 0.717) is 0 Å². The van der Waals surface area contributed by atoms with Gasteiger partial charge < -0.3 is 14.8 Å². The molecular weight excluding hydrogens is 396 g/mol. The number of amides is 1. The number of hydrogen-bond acceptors (Lipinski definition) is 4. The SMILES string of the molecule is CC(C)(C)OC(=O)NC1CCC(Oc2ccc3cnccc3c2Br)CC1. The summed E-state index contributed by atoms with van der Waals surface area (Å²) in [4.78, 5) is 16.0. The molecule has 5 nitrogen and oxygen atoms in total. The van der Waals surface area contributed by atoms with Gasteiger partial charge in [0, 0.05) is 29.2 Å². The summed E-state index contributed by atoms with van der Waals surface area (Å²) in [6.45, 7) is 5.61. The van der Waals surface area contributed by atoms with Gasteiger partial charge in [-0.1, -0.05) is 0 Å². The van der Waals surface area contributed by atoms with Gasteiger partial charge in [0.2, 0.25) is 0 Å². The largest absolute Gasteiger partial charge is 0.489 e. The van der Waals surface area contributed by atoms with Crippen molar-refractivity contribution < 1.29 is 14.3 Å². The number of fused-ring (bicyclic) bond motifs is 1. The van der Waals surface area contributed by atoms with Crippen molar-refractivity contribution in [3.8, 4) is 5.75 Å². The number of benzene rings is 1. The zero-order valence-corrected chi connectivity index (χ0v) is 17.0. The van der Waals surface area contributed by atoms with Crippen LogP contribution in [0.5, 0.6) is 5.75 Å². The van der Waals surface area contributed by atoms with Crippen LogP contribution in [0.1, 0.15) is 46.5 Å². The second-order valence-corrected chi connectivity index (χ2v) is 8.51. The van der Waals surface area contributed by atoms with Crippen LogP contribution in [0.25, 0.3) is 10.8 Å². The fourth-order valence-corrected chi connectivity index (χ4v) is 3.77. The van der Waals surface area contributed by atoms with E-state index < -0.39 is 5.60 Å². The second kappa shape index (κ2) is 7.82. The number of carbonyl (C=O) groups is 1. The monoisotopic (exact) mass is 420 g/mol. The van der Waals surface area contributed by atoms with Crippen molar-refractivity contribution in [1.82, 2.24) is 10.3 Å². The van der Waals surface area contributed by atoms with Crippen LogP contribution in [0.4, 0.5) is 4.79 Å². The smallest absolute Gasteiger partial charge is 0.407 e. The van der Waals surface area contributed by atoms with Crippen molar-refractivity contribution in [2.75, 3.05) is 0 Å². The molecule has 26 heavy (non-hydrogen) atoms. The van der Waals surface area contributed by atoms with Gasteiger partial charge in [0.1, 0.15) is 11.4 Å². The molecule has 1 aromatic heterocycles. The molecule has 1 aromatic carbocycles.